The fraction of sp³-hybridized carbons (Fsp3) is 0.455. The molecule has 0 unspecified atom stereocenters. The van der Waals surface area contributed by atoms with Crippen molar-refractivity contribution in [1.29, 1.82) is 0 Å². The number of ether oxygens (including phenoxy) is 1. The summed E-state index contributed by atoms with van der Waals surface area (Å²) in [4.78, 5) is 0. The van der Waals surface area contributed by atoms with E-state index in [1.165, 1.54) is 19.2 Å². The number of halogens is 3. The van der Waals surface area contributed by atoms with Crippen LogP contribution in [0.4, 0.5) is 13.2 Å². The molecule has 6 heteroatoms. The van der Waals surface area contributed by atoms with Crippen LogP contribution in [0.15, 0.2) is 18.2 Å². The highest BCUT2D eigenvalue weighted by atomic mass is 19.4. The van der Waals surface area contributed by atoms with Crippen LogP contribution >= 0.6 is 0 Å². The number of phenolic OH excluding ortho intramolecular Hbond substituents is 1. The van der Waals surface area contributed by atoms with Crippen LogP contribution in [0.2, 0.25) is 0 Å². The van der Waals surface area contributed by atoms with Crippen molar-refractivity contribution >= 4 is 0 Å². The normalized spacial score (nSPS) is 13.5. The Kier molecular flexibility index (Phi) is 4.22. The van der Waals surface area contributed by atoms with E-state index in [2.05, 4.69) is 0 Å². The van der Waals surface area contributed by atoms with Crippen molar-refractivity contribution in [2.75, 3.05) is 7.11 Å². The van der Waals surface area contributed by atoms with Gasteiger partial charge in [0.25, 0.3) is 0 Å². The Hall–Kier alpha value is -1.43. The molecule has 1 aromatic rings. The first-order chi connectivity index (χ1) is 7.85. The Balaban J connectivity index is 2.84. The van der Waals surface area contributed by atoms with Crippen LogP contribution in [0.1, 0.15) is 24.4 Å². The van der Waals surface area contributed by atoms with Gasteiger partial charge in [-0.1, -0.05) is 6.07 Å². The molecule has 0 radical (unpaired) electrons. The van der Waals surface area contributed by atoms with Crippen LogP contribution in [-0.4, -0.2) is 18.4 Å². The van der Waals surface area contributed by atoms with Gasteiger partial charge < -0.3 is 15.6 Å². The van der Waals surface area contributed by atoms with Crippen molar-refractivity contribution in [3.63, 3.8) is 0 Å². The van der Waals surface area contributed by atoms with Gasteiger partial charge in [0.1, 0.15) is 11.5 Å². The van der Waals surface area contributed by atoms with Crippen molar-refractivity contribution in [3.05, 3.63) is 23.8 Å². The molecule has 0 spiro atoms. The van der Waals surface area contributed by atoms with Gasteiger partial charge in [0.05, 0.1) is 12.7 Å². The lowest BCUT2D eigenvalue weighted by Crippen LogP contribution is -2.16. The summed E-state index contributed by atoms with van der Waals surface area (Å²) in [5.74, 6) is 0.138. The summed E-state index contributed by atoms with van der Waals surface area (Å²) in [6, 6.07) is 3.54. The standard InChI is InChI=1S/C11H14F3NO2/c1-17-9-4-2-3-8(16)10(9)7(15)5-6-11(12,13)14/h2-4,7,16H,5-6,15H2,1H3/t7-/m0/s1. The molecule has 3 nitrogen and oxygen atoms in total. The molecule has 0 bridgehead atoms. The monoisotopic (exact) mass is 249 g/mol. The molecule has 0 aromatic heterocycles. The molecule has 0 saturated carbocycles. The van der Waals surface area contributed by atoms with Crippen LogP contribution in [0.3, 0.4) is 0 Å². The van der Waals surface area contributed by atoms with Crippen LogP contribution in [0.25, 0.3) is 0 Å². The Morgan fingerprint density at radius 2 is 2.06 bits per heavy atom. The van der Waals surface area contributed by atoms with Crippen molar-refractivity contribution < 1.29 is 23.0 Å². The first kappa shape index (κ1) is 13.6. The van der Waals surface area contributed by atoms with E-state index in [0.717, 1.165) is 0 Å². The molecule has 3 N–H and O–H groups in total. The molecule has 1 atom stereocenters. The minimum atomic E-state index is -4.25. The summed E-state index contributed by atoms with van der Waals surface area (Å²) < 4.78 is 41.2. The second-order valence-corrected chi connectivity index (χ2v) is 3.65. The van der Waals surface area contributed by atoms with E-state index in [0.29, 0.717) is 5.75 Å². The van der Waals surface area contributed by atoms with Crippen LogP contribution in [0, 0.1) is 0 Å². The highest BCUT2D eigenvalue weighted by molar-refractivity contribution is 5.45. The molecule has 0 saturated heterocycles. The summed E-state index contributed by atoms with van der Waals surface area (Å²) in [5, 5.41) is 9.58. The Bertz CT molecular complexity index is 379. The topological polar surface area (TPSA) is 55.5 Å². The van der Waals surface area contributed by atoms with Gasteiger partial charge >= 0.3 is 6.18 Å². The van der Waals surface area contributed by atoms with Crippen molar-refractivity contribution in [2.45, 2.75) is 25.1 Å². The van der Waals surface area contributed by atoms with E-state index in [4.69, 9.17) is 10.5 Å². The lowest BCUT2D eigenvalue weighted by atomic mass is 10.0. The molecular formula is C11H14F3NO2. The summed E-state index contributed by atoms with van der Waals surface area (Å²) in [6.45, 7) is 0. The minimum Gasteiger partial charge on any atom is -0.507 e. The third-order valence-corrected chi connectivity index (χ3v) is 2.37. The molecule has 1 aromatic carbocycles. The third kappa shape index (κ3) is 3.81. The van der Waals surface area contributed by atoms with Gasteiger partial charge in [0.15, 0.2) is 0 Å². The molecule has 0 aliphatic rings. The second kappa shape index (κ2) is 5.27. The molecule has 0 fully saturated rings. The van der Waals surface area contributed by atoms with Crippen molar-refractivity contribution in [1.82, 2.24) is 0 Å². The molecule has 0 aliphatic heterocycles. The molecule has 96 valence electrons. The zero-order chi connectivity index (χ0) is 13.1. The number of nitrogens with two attached hydrogens (primary N) is 1. The number of phenols is 1. The number of methoxy groups -OCH3 is 1. The molecule has 0 aliphatic carbocycles. The number of hydrogen-bond acceptors (Lipinski definition) is 3. The Morgan fingerprint density at radius 3 is 2.59 bits per heavy atom. The molecular weight excluding hydrogens is 235 g/mol. The van der Waals surface area contributed by atoms with Gasteiger partial charge in [-0.15, -0.1) is 0 Å². The van der Waals surface area contributed by atoms with E-state index < -0.39 is 18.6 Å². The zero-order valence-corrected chi connectivity index (χ0v) is 9.29. The first-order valence-electron chi connectivity index (χ1n) is 5.03. The maximum Gasteiger partial charge on any atom is 0.389 e. The van der Waals surface area contributed by atoms with Gasteiger partial charge in [-0.2, -0.15) is 13.2 Å². The fourth-order valence-corrected chi connectivity index (χ4v) is 1.55. The average Bonchev–Trinajstić information content (AvgIpc) is 2.24. The quantitative estimate of drug-likeness (QED) is 0.862. The molecule has 17 heavy (non-hydrogen) atoms. The maximum atomic E-state index is 12.1. The van der Waals surface area contributed by atoms with Crippen LogP contribution in [-0.2, 0) is 0 Å². The van der Waals surface area contributed by atoms with Gasteiger partial charge in [0, 0.05) is 12.5 Å². The van der Waals surface area contributed by atoms with E-state index in [9.17, 15) is 18.3 Å². The molecule has 0 heterocycles. The average molecular weight is 249 g/mol. The predicted octanol–water partition coefficient (Wildman–Crippen LogP) is 2.74. The lowest BCUT2D eigenvalue weighted by Gasteiger charge is -2.17. The van der Waals surface area contributed by atoms with Gasteiger partial charge in [0.2, 0.25) is 0 Å². The smallest absolute Gasteiger partial charge is 0.389 e. The maximum absolute atomic E-state index is 12.1. The number of rotatable bonds is 4. The Morgan fingerprint density at radius 1 is 1.41 bits per heavy atom. The zero-order valence-electron chi connectivity index (χ0n) is 9.29. The number of aromatic hydroxyl groups is 1. The molecule has 0 amide bonds. The minimum absolute atomic E-state index is 0.154. The molecule has 1 rings (SSSR count). The van der Waals surface area contributed by atoms with E-state index in [1.54, 1.807) is 6.07 Å². The SMILES string of the molecule is COc1cccc(O)c1[C@@H](N)CCC(F)(F)F. The predicted molar refractivity (Wildman–Crippen MR) is 56.9 cm³/mol. The Labute approximate surface area is 97.0 Å². The van der Waals surface area contributed by atoms with Gasteiger partial charge in [-0.3, -0.25) is 0 Å². The van der Waals surface area contributed by atoms with Crippen molar-refractivity contribution in [3.8, 4) is 11.5 Å². The summed E-state index contributed by atoms with van der Waals surface area (Å²) in [7, 11) is 1.37. The summed E-state index contributed by atoms with van der Waals surface area (Å²) in [6.07, 6.45) is -5.54. The van der Waals surface area contributed by atoms with Crippen LogP contribution < -0.4 is 10.5 Å². The fourth-order valence-electron chi connectivity index (χ4n) is 1.55. The lowest BCUT2D eigenvalue weighted by molar-refractivity contribution is -0.136. The van der Waals surface area contributed by atoms with Gasteiger partial charge in [-0.25, -0.2) is 0 Å². The summed E-state index contributed by atoms with van der Waals surface area (Å²) in [5.41, 5.74) is 5.85. The van der Waals surface area contributed by atoms with E-state index >= 15 is 0 Å². The van der Waals surface area contributed by atoms with E-state index in [1.807, 2.05) is 0 Å². The number of alkyl halides is 3. The van der Waals surface area contributed by atoms with E-state index in [-0.39, 0.29) is 17.7 Å². The number of hydrogen-bond donors (Lipinski definition) is 2. The largest absolute Gasteiger partial charge is 0.507 e. The third-order valence-electron chi connectivity index (χ3n) is 2.37. The highest BCUT2D eigenvalue weighted by Crippen LogP contribution is 2.35. The highest BCUT2D eigenvalue weighted by Gasteiger charge is 2.29. The van der Waals surface area contributed by atoms with Crippen molar-refractivity contribution in [2.24, 2.45) is 5.73 Å². The first-order valence-corrected chi connectivity index (χ1v) is 5.03. The number of benzene rings is 1. The summed E-state index contributed by atoms with van der Waals surface area (Å²) >= 11 is 0. The second-order valence-electron chi connectivity index (χ2n) is 3.65. The van der Waals surface area contributed by atoms with Gasteiger partial charge in [-0.05, 0) is 18.6 Å². The van der Waals surface area contributed by atoms with Crippen LogP contribution in [0.5, 0.6) is 11.5 Å².